The monoisotopic (exact) mass is 262 g/mol. The molecule has 1 N–H and O–H groups in total. The van der Waals surface area contributed by atoms with Crippen LogP contribution in [-0.2, 0) is 14.6 Å². The van der Waals surface area contributed by atoms with Gasteiger partial charge in [-0.25, -0.2) is 8.42 Å². The molecule has 1 unspecified atom stereocenters. The number of hydrogen-bond acceptors (Lipinski definition) is 5. The molecule has 0 saturated heterocycles. The summed E-state index contributed by atoms with van der Waals surface area (Å²) in [5.41, 5.74) is 0. The number of hydrogen-bond donors (Lipinski definition) is 1. The molecule has 1 aromatic heterocycles. The highest BCUT2D eigenvalue weighted by Gasteiger charge is 2.23. The van der Waals surface area contributed by atoms with E-state index in [-0.39, 0.29) is 23.4 Å². The Morgan fingerprint density at radius 2 is 2.12 bits per heavy atom. The standard InChI is InChI=1S/C11H18O5S/c1-8(2)16-6-10(12)7-17(13,14)11-4-5-15-9(11)3/h4-5,8,10,12H,6-7H2,1-3H3. The van der Waals surface area contributed by atoms with Gasteiger partial charge in [-0.1, -0.05) is 0 Å². The molecule has 1 atom stereocenters. The summed E-state index contributed by atoms with van der Waals surface area (Å²) in [6.45, 7) is 5.22. The molecule has 0 amide bonds. The molecule has 5 nitrogen and oxygen atoms in total. The van der Waals surface area contributed by atoms with E-state index in [1.54, 1.807) is 6.92 Å². The Labute approximate surface area is 101 Å². The van der Waals surface area contributed by atoms with Gasteiger partial charge >= 0.3 is 0 Å². The van der Waals surface area contributed by atoms with Crippen molar-refractivity contribution in [1.29, 1.82) is 0 Å². The predicted octanol–water partition coefficient (Wildman–Crippen LogP) is 1.15. The number of ether oxygens (including phenoxy) is 1. The number of sulfone groups is 1. The van der Waals surface area contributed by atoms with Crippen LogP contribution in [-0.4, -0.2) is 38.1 Å². The van der Waals surface area contributed by atoms with Crippen LogP contribution in [0, 0.1) is 6.92 Å². The van der Waals surface area contributed by atoms with E-state index in [2.05, 4.69) is 0 Å². The molecule has 1 heterocycles. The summed E-state index contributed by atoms with van der Waals surface area (Å²) in [6, 6.07) is 1.39. The summed E-state index contributed by atoms with van der Waals surface area (Å²) in [5.74, 6) is -0.0259. The fourth-order valence-electron chi connectivity index (χ4n) is 1.39. The normalized spacial score (nSPS) is 14.2. The third-order valence-corrected chi connectivity index (χ3v) is 4.10. The number of aryl methyl sites for hydroxylation is 1. The average molecular weight is 262 g/mol. The minimum atomic E-state index is -3.52. The third-order valence-electron chi connectivity index (χ3n) is 2.18. The van der Waals surface area contributed by atoms with Gasteiger partial charge in [0.2, 0.25) is 0 Å². The van der Waals surface area contributed by atoms with Crippen LogP contribution < -0.4 is 0 Å². The van der Waals surface area contributed by atoms with E-state index in [0.717, 1.165) is 0 Å². The fraction of sp³-hybridized carbons (Fsp3) is 0.636. The molecular weight excluding hydrogens is 244 g/mol. The molecule has 0 spiro atoms. The lowest BCUT2D eigenvalue weighted by molar-refractivity contribution is 0.0146. The molecule has 17 heavy (non-hydrogen) atoms. The Bertz CT molecular complexity index is 446. The maximum atomic E-state index is 11.9. The second kappa shape index (κ2) is 5.66. The van der Waals surface area contributed by atoms with Crippen LogP contribution in [0.5, 0.6) is 0 Å². The Morgan fingerprint density at radius 3 is 2.59 bits per heavy atom. The van der Waals surface area contributed by atoms with Gasteiger partial charge in [0.25, 0.3) is 0 Å². The van der Waals surface area contributed by atoms with Gasteiger partial charge in [0.05, 0.1) is 30.8 Å². The smallest absolute Gasteiger partial charge is 0.184 e. The van der Waals surface area contributed by atoms with Crippen molar-refractivity contribution in [3.63, 3.8) is 0 Å². The van der Waals surface area contributed by atoms with Crippen molar-refractivity contribution in [1.82, 2.24) is 0 Å². The molecule has 0 aliphatic carbocycles. The summed E-state index contributed by atoms with van der Waals surface area (Å²) >= 11 is 0. The van der Waals surface area contributed by atoms with Gasteiger partial charge in [0.1, 0.15) is 10.7 Å². The maximum absolute atomic E-state index is 11.9. The molecular formula is C11H18O5S. The molecule has 6 heteroatoms. The average Bonchev–Trinajstić information content (AvgIpc) is 2.61. The molecule has 0 radical (unpaired) electrons. The van der Waals surface area contributed by atoms with Crippen molar-refractivity contribution in [2.24, 2.45) is 0 Å². The second-order valence-electron chi connectivity index (χ2n) is 4.16. The van der Waals surface area contributed by atoms with Gasteiger partial charge in [-0.2, -0.15) is 0 Å². The Kier molecular flexibility index (Phi) is 4.73. The first-order chi connectivity index (χ1) is 7.83. The molecule has 0 aliphatic heterocycles. The zero-order valence-electron chi connectivity index (χ0n) is 10.2. The van der Waals surface area contributed by atoms with Crippen molar-refractivity contribution in [3.05, 3.63) is 18.1 Å². The largest absolute Gasteiger partial charge is 0.468 e. The molecule has 0 bridgehead atoms. The van der Waals surface area contributed by atoms with Crippen LogP contribution in [0.15, 0.2) is 21.6 Å². The van der Waals surface area contributed by atoms with Crippen molar-refractivity contribution >= 4 is 9.84 Å². The van der Waals surface area contributed by atoms with E-state index < -0.39 is 15.9 Å². The third kappa shape index (κ3) is 4.14. The lowest BCUT2D eigenvalue weighted by Gasteiger charge is -2.13. The topological polar surface area (TPSA) is 76.7 Å². The first kappa shape index (κ1) is 14.2. The fourth-order valence-corrected chi connectivity index (χ4v) is 2.92. The van der Waals surface area contributed by atoms with Gasteiger partial charge in [0.15, 0.2) is 9.84 Å². The lowest BCUT2D eigenvalue weighted by atomic mass is 10.4. The summed E-state index contributed by atoms with van der Waals surface area (Å²) in [4.78, 5) is 0.126. The van der Waals surface area contributed by atoms with E-state index in [9.17, 15) is 13.5 Å². The molecule has 0 saturated carbocycles. The highest BCUT2D eigenvalue weighted by molar-refractivity contribution is 7.91. The number of aliphatic hydroxyl groups excluding tert-OH is 1. The van der Waals surface area contributed by atoms with E-state index >= 15 is 0 Å². The molecule has 1 aromatic rings. The van der Waals surface area contributed by atoms with Gasteiger partial charge in [-0.05, 0) is 26.8 Å². The Hall–Kier alpha value is -0.850. The van der Waals surface area contributed by atoms with Crippen LogP contribution >= 0.6 is 0 Å². The molecule has 0 aliphatic rings. The van der Waals surface area contributed by atoms with Crippen molar-refractivity contribution in [2.45, 2.75) is 37.9 Å². The van der Waals surface area contributed by atoms with Gasteiger partial charge in [-0.3, -0.25) is 0 Å². The zero-order valence-corrected chi connectivity index (χ0v) is 11.0. The summed E-state index contributed by atoms with van der Waals surface area (Å²) < 4.78 is 33.9. The lowest BCUT2D eigenvalue weighted by Crippen LogP contribution is -2.27. The maximum Gasteiger partial charge on any atom is 0.184 e. The van der Waals surface area contributed by atoms with Gasteiger partial charge in [-0.15, -0.1) is 0 Å². The van der Waals surface area contributed by atoms with Crippen molar-refractivity contribution < 1.29 is 22.7 Å². The van der Waals surface area contributed by atoms with Crippen LogP contribution in [0.3, 0.4) is 0 Å². The van der Waals surface area contributed by atoms with Crippen LogP contribution in [0.1, 0.15) is 19.6 Å². The minimum Gasteiger partial charge on any atom is -0.468 e. The molecule has 0 fully saturated rings. The summed E-state index contributed by atoms with van der Waals surface area (Å²) in [6.07, 6.45) is 0.249. The number of furan rings is 1. The van der Waals surface area contributed by atoms with Crippen molar-refractivity contribution in [3.8, 4) is 0 Å². The van der Waals surface area contributed by atoms with E-state index in [1.807, 2.05) is 13.8 Å². The van der Waals surface area contributed by atoms with E-state index in [0.29, 0.717) is 5.76 Å². The summed E-state index contributed by atoms with van der Waals surface area (Å²) in [7, 11) is -3.52. The molecule has 0 aromatic carbocycles. The van der Waals surface area contributed by atoms with E-state index in [1.165, 1.54) is 12.3 Å². The van der Waals surface area contributed by atoms with Gasteiger partial charge < -0.3 is 14.3 Å². The minimum absolute atomic E-state index is 0.00773. The zero-order chi connectivity index (χ0) is 13.1. The summed E-state index contributed by atoms with van der Waals surface area (Å²) in [5, 5.41) is 9.59. The predicted molar refractivity (Wildman–Crippen MR) is 62.6 cm³/mol. The van der Waals surface area contributed by atoms with Crippen LogP contribution in [0.4, 0.5) is 0 Å². The molecule has 1 rings (SSSR count). The SMILES string of the molecule is Cc1occc1S(=O)(=O)CC(O)COC(C)C. The molecule has 98 valence electrons. The Balaban J connectivity index is 2.65. The van der Waals surface area contributed by atoms with Gasteiger partial charge in [0, 0.05) is 0 Å². The second-order valence-corrected chi connectivity index (χ2v) is 6.16. The number of rotatable bonds is 6. The van der Waals surface area contributed by atoms with Crippen molar-refractivity contribution in [2.75, 3.05) is 12.4 Å². The quantitative estimate of drug-likeness (QED) is 0.832. The highest BCUT2D eigenvalue weighted by atomic mass is 32.2. The Morgan fingerprint density at radius 1 is 1.47 bits per heavy atom. The van der Waals surface area contributed by atoms with Crippen LogP contribution in [0.2, 0.25) is 0 Å². The van der Waals surface area contributed by atoms with E-state index in [4.69, 9.17) is 9.15 Å². The first-order valence-corrected chi connectivity index (χ1v) is 7.04. The van der Waals surface area contributed by atoms with Crippen LogP contribution in [0.25, 0.3) is 0 Å². The number of aliphatic hydroxyl groups is 1. The first-order valence-electron chi connectivity index (χ1n) is 5.39. The highest BCUT2D eigenvalue weighted by Crippen LogP contribution is 2.18.